The number of benzene rings is 1. The van der Waals surface area contributed by atoms with Gasteiger partial charge in [0.1, 0.15) is 22.8 Å². The molecule has 0 saturated carbocycles. The lowest BCUT2D eigenvalue weighted by Gasteiger charge is -2.44. The zero-order valence-corrected chi connectivity index (χ0v) is 20.5. The van der Waals surface area contributed by atoms with Crippen molar-refractivity contribution in [2.75, 3.05) is 13.1 Å². The van der Waals surface area contributed by atoms with Crippen LogP contribution >= 0.6 is 0 Å². The molecule has 3 aliphatic rings. The Morgan fingerprint density at radius 1 is 1.26 bits per heavy atom. The van der Waals surface area contributed by atoms with Crippen LogP contribution in [0.15, 0.2) is 23.4 Å². The lowest BCUT2D eigenvalue weighted by atomic mass is 9.81. The maximum Gasteiger partial charge on any atom is 0.330 e. The largest absolute Gasteiger partial charge is 0.486 e. The number of aryl methyl sites for hydroxylation is 1. The van der Waals surface area contributed by atoms with E-state index in [4.69, 9.17) is 14.3 Å². The molecule has 1 spiro atoms. The minimum atomic E-state index is -0.580. The number of esters is 1. The number of piperidine rings is 1. The fourth-order valence-corrected chi connectivity index (χ4v) is 4.82. The number of ketones is 1. The van der Waals surface area contributed by atoms with Crippen molar-refractivity contribution in [1.82, 2.24) is 25.1 Å². The summed E-state index contributed by atoms with van der Waals surface area (Å²) in [5.41, 5.74) is 0.618. The molecule has 11 heteroatoms. The summed E-state index contributed by atoms with van der Waals surface area (Å²) < 4.78 is 11.7. The summed E-state index contributed by atoms with van der Waals surface area (Å²) in [6, 6.07) is 5.76. The summed E-state index contributed by atoms with van der Waals surface area (Å²) >= 11 is 0. The minimum Gasteiger partial charge on any atom is -0.486 e. The van der Waals surface area contributed by atoms with E-state index in [1.165, 1.54) is 4.80 Å². The van der Waals surface area contributed by atoms with Crippen molar-refractivity contribution in [3.63, 3.8) is 0 Å². The number of tetrazole rings is 1. The molecule has 11 nitrogen and oxygen atoms in total. The first kappa shape index (κ1) is 23.3. The Balaban J connectivity index is 1.16. The van der Waals surface area contributed by atoms with Gasteiger partial charge in [-0.15, -0.1) is 10.2 Å². The lowest BCUT2D eigenvalue weighted by molar-refractivity contribution is -0.156. The van der Waals surface area contributed by atoms with Crippen LogP contribution in [0.5, 0.6) is 5.75 Å². The molecule has 1 atom stereocenters. The molecule has 0 radical (unpaired) electrons. The third kappa shape index (κ3) is 4.85. The van der Waals surface area contributed by atoms with E-state index in [0.29, 0.717) is 43.1 Å². The van der Waals surface area contributed by atoms with Gasteiger partial charge in [0.25, 0.3) is 0 Å². The molecule has 186 valence electrons. The van der Waals surface area contributed by atoms with Crippen LogP contribution < -0.4 is 4.74 Å². The van der Waals surface area contributed by atoms with Crippen LogP contribution in [0.3, 0.4) is 0 Å². The van der Waals surface area contributed by atoms with Crippen molar-refractivity contribution >= 4 is 17.6 Å². The Kier molecular flexibility index (Phi) is 5.72. The van der Waals surface area contributed by atoms with Crippen molar-refractivity contribution in [2.45, 2.75) is 77.2 Å². The summed E-state index contributed by atoms with van der Waals surface area (Å²) in [7, 11) is 0. The van der Waals surface area contributed by atoms with E-state index in [1.807, 2.05) is 25.1 Å². The number of ether oxygens (including phenoxy) is 2. The Hall–Kier alpha value is -3.50. The molecule has 0 amide bonds. The van der Waals surface area contributed by atoms with Gasteiger partial charge in [-0.05, 0) is 44.5 Å². The Morgan fingerprint density at radius 3 is 2.77 bits per heavy atom. The highest BCUT2D eigenvalue weighted by Crippen LogP contribution is 2.41. The first-order valence-electron chi connectivity index (χ1n) is 11.9. The van der Waals surface area contributed by atoms with Crippen LogP contribution in [0.4, 0.5) is 0 Å². The van der Waals surface area contributed by atoms with E-state index < -0.39 is 23.3 Å². The van der Waals surface area contributed by atoms with E-state index >= 15 is 0 Å². The number of oxime groups is 1. The highest BCUT2D eigenvalue weighted by atomic mass is 16.6. The van der Waals surface area contributed by atoms with Crippen LogP contribution in [0.1, 0.15) is 74.3 Å². The number of likely N-dealkylation sites (tertiary alicyclic amines) is 1. The molecule has 1 aromatic carbocycles. The van der Waals surface area contributed by atoms with Gasteiger partial charge in [-0.1, -0.05) is 17.3 Å². The number of rotatable bonds is 3. The molecular formula is C24H30N6O5. The number of fused-ring (bicyclic) bond motifs is 1. The van der Waals surface area contributed by atoms with Crippen LogP contribution in [0.2, 0.25) is 0 Å². The number of Topliss-reactive ketones (excluding diaryl/α,β-unsaturated/α-hetero) is 1. The quantitative estimate of drug-likeness (QED) is 0.608. The van der Waals surface area contributed by atoms with Crippen molar-refractivity contribution in [2.24, 2.45) is 5.16 Å². The molecule has 3 aliphatic heterocycles. The zero-order chi connectivity index (χ0) is 24.8. The monoisotopic (exact) mass is 482 g/mol. The van der Waals surface area contributed by atoms with Crippen molar-refractivity contribution in [3.8, 4) is 5.75 Å². The lowest BCUT2D eigenvalue weighted by Crippen LogP contribution is -2.52. The number of aromatic nitrogens is 4. The Bertz CT molecular complexity index is 1180. The number of hydrogen-bond acceptors (Lipinski definition) is 10. The predicted molar refractivity (Wildman–Crippen MR) is 124 cm³/mol. The van der Waals surface area contributed by atoms with Crippen LogP contribution in [0, 0.1) is 6.92 Å². The highest BCUT2D eigenvalue weighted by Gasteiger charge is 2.44. The first-order valence-corrected chi connectivity index (χ1v) is 11.9. The fourth-order valence-electron chi connectivity index (χ4n) is 4.82. The summed E-state index contributed by atoms with van der Waals surface area (Å²) in [5, 5.41) is 16.5. The number of amidine groups is 1. The van der Waals surface area contributed by atoms with Crippen LogP contribution in [0.25, 0.3) is 0 Å². The number of nitrogens with zero attached hydrogens (tertiary/aromatic N) is 6. The molecule has 1 aromatic heterocycles. The summed E-state index contributed by atoms with van der Waals surface area (Å²) in [4.78, 5) is 33.8. The third-order valence-electron chi connectivity index (χ3n) is 6.46. The van der Waals surface area contributed by atoms with E-state index in [2.05, 4.69) is 25.5 Å². The minimum absolute atomic E-state index is 0.125. The second-order valence-corrected chi connectivity index (χ2v) is 10.4. The average Bonchev–Trinajstić information content (AvgIpc) is 3.42. The van der Waals surface area contributed by atoms with Crippen molar-refractivity contribution in [3.05, 3.63) is 35.2 Å². The SMILES string of the molecule is Cc1cccc2c1C(=O)CC1(CCN(C3=NOC(c4nnn(CC(=O)OC(C)(C)C)n4)C3)CC1)O2. The number of hydrogen-bond donors (Lipinski definition) is 0. The molecule has 0 aliphatic carbocycles. The molecule has 1 fully saturated rings. The molecule has 0 bridgehead atoms. The van der Waals surface area contributed by atoms with Gasteiger partial charge >= 0.3 is 5.97 Å². The number of carbonyl (C=O) groups is 2. The van der Waals surface area contributed by atoms with Gasteiger partial charge in [-0.2, -0.15) is 4.80 Å². The van der Waals surface area contributed by atoms with E-state index in [1.54, 1.807) is 20.8 Å². The Morgan fingerprint density at radius 2 is 2.03 bits per heavy atom. The average molecular weight is 483 g/mol. The number of carbonyl (C=O) groups excluding carboxylic acids is 2. The van der Waals surface area contributed by atoms with Gasteiger partial charge in [0.2, 0.25) is 5.82 Å². The Labute approximate surface area is 203 Å². The second kappa shape index (κ2) is 8.62. The third-order valence-corrected chi connectivity index (χ3v) is 6.46. The summed E-state index contributed by atoms with van der Waals surface area (Å²) in [6.45, 7) is 8.65. The fraction of sp³-hybridized carbons (Fsp3) is 0.583. The van der Waals surface area contributed by atoms with Gasteiger partial charge < -0.3 is 19.2 Å². The van der Waals surface area contributed by atoms with Gasteiger partial charge in [-0.25, -0.2) is 4.79 Å². The molecule has 1 unspecified atom stereocenters. The van der Waals surface area contributed by atoms with Crippen LogP contribution in [-0.4, -0.2) is 67.0 Å². The molecule has 2 aromatic rings. The maximum atomic E-state index is 12.9. The van der Waals surface area contributed by atoms with E-state index in [0.717, 1.165) is 24.2 Å². The molecule has 4 heterocycles. The zero-order valence-electron chi connectivity index (χ0n) is 20.5. The molecular weight excluding hydrogens is 452 g/mol. The normalized spacial score (nSPS) is 21.3. The topological polar surface area (TPSA) is 121 Å². The summed E-state index contributed by atoms with van der Waals surface area (Å²) in [6.07, 6.45) is 1.89. The second-order valence-electron chi connectivity index (χ2n) is 10.4. The standard InChI is InChI=1S/C24H30N6O5/c1-15-6-5-7-17-21(15)16(31)13-24(33-17)8-10-29(11-9-24)19-12-18(35-27-19)22-25-28-30(26-22)14-20(32)34-23(2,3)4/h5-7,18H,8-14H2,1-4H3. The van der Waals surface area contributed by atoms with Crippen molar-refractivity contribution < 1.29 is 23.9 Å². The van der Waals surface area contributed by atoms with Gasteiger partial charge in [0.15, 0.2) is 18.4 Å². The van der Waals surface area contributed by atoms with Gasteiger partial charge in [-0.3, -0.25) is 4.79 Å². The molecule has 1 saturated heterocycles. The predicted octanol–water partition coefficient (Wildman–Crippen LogP) is 2.60. The van der Waals surface area contributed by atoms with Crippen molar-refractivity contribution in [1.29, 1.82) is 0 Å². The van der Waals surface area contributed by atoms with Crippen LogP contribution in [-0.2, 0) is 20.9 Å². The maximum absolute atomic E-state index is 12.9. The molecule has 5 rings (SSSR count). The van der Waals surface area contributed by atoms with Gasteiger partial charge in [0, 0.05) is 25.9 Å². The van der Waals surface area contributed by atoms with E-state index in [9.17, 15) is 9.59 Å². The molecule has 0 N–H and O–H groups in total. The smallest absolute Gasteiger partial charge is 0.330 e. The first-order chi connectivity index (χ1) is 16.6. The van der Waals surface area contributed by atoms with Gasteiger partial charge in [0.05, 0.1) is 18.4 Å². The highest BCUT2D eigenvalue weighted by molar-refractivity contribution is 6.01. The molecule has 35 heavy (non-hydrogen) atoms. The van der Waals surface area contributed by atoms with E-state index in [-0.39, 0.29) is 12.3 Å². The summed E-state index contributed by atoms with van der Waals surface area (Å²) in [5.74, 6) is 1.59.